The van der Waals surface area contributed by atoms with Gasteiger partial charge >= 0.3 is 0 Å². The second-order valence-corrected chi connectivity index (χ2v) is 4.88. The molecule has 2 aromatic rings. The Balaban J connectivity index is 2.16. The lowest BCUT2D eigenvalue weighted by molar-refractivity contribution is 0.461. The van der Waals surface area contributed by atoms with Crippen LogP contribution in [0.3, 0.4) is 0 Å². The summed E-state index contributed by atoms with van der Waals surface area (Å²) in [6.07, 6.45) is 1.77. The van der Waals surface area contributed by atoms with Gasteiger partial charge in [0.2, 0.25) is 0 Å². The molecular formula is C15H24N4O. The second-order valence-electron chi connectivity index (χ2n) is 4.88. The summed E-state index contributed by atoms with van der Waals surface area (Å²) in [4.78, 5) is 4.54. The van der Waals surface area contributed by atoms with Crippen molar-refractivity contribution in [3.8, 4) is 0 Å². The van der Waals surface area contributed by atoms with Crippen LogP contribution in [-0.2, 0) is 25.9 Å². The fourth-order valence-electron chi connectivity index (χ4n) is 2.21. The molecule has 0 saturated heterocycles. The van der Waals surface area contributed by atoms with Crippen LogP contribution in [0.5, 0.6) is 0 Å². The Morgan fingerprint density at radius 1 is 1.25 bits per heavy atom. The summed E-state index contributed by atoms with van der Waals surface area (Å²) in [5.41, 5.74) is 1.18. The maximum Gasteiger partial charge on any atom is 0.150 e. The third-order valence-corrected chi connectivity index (χ3v) is 3.37. The summed E-state index contributed by atoms with van der Waals surface area (Å²) in [5, 5.41) is 7.83. The monoisotopic (exact) mass is 276 g/mol. The van der Waals surface area contributed by atoms with E-state index in [4.69, 9.17) is 4.42 Å². The van der Waals surface area contributed by atoms with E-state index in [2.05, 4.69) is 42.2 Å². The van der Waals surface area contributed by atoms with Crippen molar-refractivity contribution >= 4 is 0 Å². The van der Waals surface area contributed by atoms with Gasteiger partial charge in [-0.25, -0.2) is 9.67 Å². The number of hydrogen-bond acceptors (Lipinski definition) is 4. The Morgan fingerprint density at radius 2 is 2.05 bits per heavy atom. The summed E-state index contributed by atoms with van der Waals surface area (Å²) in [7, 11) is 0. The zero-order valence-electron chi connectivity index (χ0n) is 12.9. The minimum atomic E-state index is 0.734. The smallest absolute Gasteiger partial charge is 0.150 e. The number of rotatable bonds is 7. The molecule has 0 atom stereocenters. The van der Waals surface area contributed by atoms with E-state index < -0.39 is 0 Å². The van der Waals surface area contributed by atoms with E-state index in [1.807, 2.05) is 11.6 Å². The summed E-state index contributed by atoms with van der Waals surface area (Å²) in [5.74, 6) is 3.90. The van der Waals surface area contributed by atoms with Gasteiger partial charge in [0.25, 0.3) is 0 Å². The molecule has 110 valence electrons. The van der Waals surface area contributed by atoms with Crippen LogP contribution >= 0.6 is 0 Å². The van der Waals surface area contributed by atoms with Crippen molar-refractivity contribution in [1.29, 1.82) is 0 Å². The first-order chi connectivity index (χ1) is 9.67. The molecule has 0 radical (unpaired) electrons. The summed E-state index contributed by atoms with van der Waals surface area (Å²) < 4.78 is 7.77. The van der Waals surface area contributed by atoms with Gasteiger partial charge < -0.3 is 9.73 Å². The van der Waals surface area contributed by atoms with Crippen LogP contribution in [0, 0.1) is 6.92 Å². The van der Waals surface area contributed by atoms with Crippen LogP contribution in [0.2, 0.25) is 0 Å². The molecule has 2 heterocycles. The van der Waals surface area contributed by atoms with E-state index in [1.165, 1.54) is 5.56 Å². The largest absolute Gasteiger partial charge is 0.465 e. The van der Waals surface area contributed by atoms with Gasteiger partial charge in [0.1, 0.15) is 17.3 Å². The molecule has 0 fully saturated rings. The van der Waals surface area contributed by atoms with Crippen LogP contribution in [0.25, 0.3) is 0 Å². The quantitative estimate of drug-likeness (QED) is 0.844. The SMILES string of the molecule is CCNCc1cc(Cn2nc(CC)nc2CC)c(C)o1. The normalized spacial score (nSPS) is 11.2. The number of aromatic nitrogens is 3. The summed E-state index contributed by atoms with van der Waals surface area (Å²) >= 11 is 0. The molecule has 1 N–H and O–H groups in total. The van der Waals surface area contributed by atoms with Gasteiger partial charge in [-0.2, -0.15) is 5.10 Å². The van der Waals surface area contributed by atoms with Crippen LogP contribution in [0.1, 0.15) is 49.5 Å². The molecule has 0 saturated carbocycles. The van der Waals surface area contributed by atoms with Crippen molar-refractivity contribution in [3.05, 3.63) is 34.8 Å². The highest BCUT2D eigenvalue weighted by Crippen LogP contribution is 2.16. The van der Waals surface area contributed by atoms with E-state index in [9.17, 15) is 0 Å². The Labute approximate surface area is 120 Å². The van der Waals surface area contributed by atoms with Gasteiger partial charge in [-0.05, 0) is 19.5 Å². The first kappa shape index (κ1) is 14.8. The topological polar surface area (TPSA) is 55.9 Å². The summed E-state index contributed by atoms with van der Waals surface area (Å²) in [6.45, 7) is 10.7. The maximum atomic E-state index is 5.77. The fourth-order valence-corrected chi connectivity index (χ4v) is 2.21. The molecule has 0 aliphatic carbocycles. The molecular weight excluding hydrogens is 252 g/mol. The molecule has 0 aliphatic heterocycles. The molecule has 0 spiro atoms. The van der Waals surface area contributed by atoms with E-state index >= 15 is 0 Å². The Bertz CT molecular complexity index is 556. The first-order valence-corrected chi connectivity index (χ1v) is 7.39. The number of nitrogens with one attached hydrogen (secondary N) is 1. The van der Waals surface area contributed by atoms with Gasteiger partial charge in [-0.1, -0.05) is 20.8 Å². The Morgan fingerprint density at radius 3 is 2.70 bits per heavy atom. The molecule has 0 amide bonds. The van der Waals surface area contributed by atoms with E-state index in [-0.39, 0.29) is 0 Å². The van der Waals surface area contributed by atoms with Crippen LogP contribution < -0.4 is 5.32 Å². The van der Waals surface area contributed by atoms with E-state index in [0.717, 1.165) is 55.6 Å². The molecule has 20 heavy (non-hydrogen) atoms. The average Bonchev–Trinajstić information content (AvgIpc) is 3.01. The standard InChI is InChI=1S/C15H24N4O/c1-5-14-17-15(6-2)19(18-14)10-12-8-13(9-16-7-3)20-11(12)4/h8,16H,5-7,9-10H2,1-4H3. The second kappa shape index (κ2) is 6.70. The lowest BCUT2D eigenvalue weighted by Gasteiger charge is -2.02. The number of nitrogens with zero attached hydrogens (tertiary/aromatic N) is 3. The first-order valence-electron chi connectivity index (χ1n) is 7.39. The molecule has 5 nitrogen and oxygen atoms in total. The highest BCUT2D eigenvalue weighted by Gasteiger charge is 2.12. The van der Waals surface area contributed by atoms with Crippen molar-refractivity contribution < 1.29 is 4.42 Å². The molecule has 2 aromatic heterocycles. The predicted molar refractivity (Wildman–Crippen MR) is 78.7 cm³/mol. The Hall–Kier alpha value is -1.62. The lowest BCUT2D eigenvalue weighted by atomic mass is 10.2. The highest BCUT2D eigenvalue weighted by atomic mass is 16.3. The zero-order valence-corrected chi connectivity index (χ0v) is 12.9. The van der Waals surface area contributed by atoms with Crippen molar-refractivity contribution in [1.82, 2.24) is 20.1 Å². The van der Waals surface area contributed by atoms with Gasteiger partial charge in [0, 0.05) is 18.4 Å². The minimum Gasteiger partial charge on any atom is -0.465 e. The van der Waals surface area contributed by atoms with Crippen LogP contribution in [0.4, 0.5) is 0 Å². The number of aryl methyl sites for hydroxylation is 3. The molecule has 0 aliphatic rings. The maximum absolute atomic E-state index is 5.77. The van der Waals surface area contributed by atoms with Crippen molar-refractivity contribution in [2.45, 2.75) is 53.6 Å². The molecule has 0 aromatic carbocycles. The Kier molecular flexibility index (Phi) is 4.95. The predicted octanol–water partition coefficient (Wildman–Crippen LogP) is 2.46. The molecule has 0 unspecified atom stereocenters. The van der Waals surface area contributed by atoms with Crippen LogP contribution in [-0.4, -0.2) is 21.3 Å². The summed E-state index contributed by atoms with van der Waals surface area (Å²) in [6, 6.07) is 2.12. The van der Waals surface area contributed by atoms with Gasteiger partial charge in [0.15, 0.2) is 5.82 Å². The lowest BCUT2D eigenvalue weighted by Crippen LogP contribution is -2.11. The third kappa shape index (κ3) is 3.28. The van der Waals surface area contributed by atoms with Crippen molar-refractivity contribution in [2.75, 3.05) is 6.54 Å². The molecule has 2 rings (SSSR count). The molecule has 0 bridgehead atoms. The third-order valence-electron chi connectivity index (χ3n) is 3.37. The van der Waals surface area contributed by atoms with Gasteiger partial charge in [0.05, 0.1) is 13.1 Å². The highest BCUT2D eigenvalue weighted by molar-refractivity contribution is 5.21. The van der Waals surface area contributed by atoms with Gasteiger partial charge in [-0.15, -0.1) is 0 Å². The van der Waals surface area contributed by atoms with Crippen LogP contribution in [0.15, 0.2) is 10.5 Å². The number of hydrogen-bond donors (Lipinski definition) is 1. The zero-order chi connectivity index (χ0) is 14.5. The van der Waals surface area contributed by atoms with Crippen molar-refractivity contribution in [3.63, 3.8) is 0 Å². The molecule has 5 heteroatoms. The van der Waals surface area contributed by atoms with Crippen molar-refractivity contribution in [2.24, 2.45) is 0 Å². The van der Waals surface area contributed by atoms with E-state index in [1.54, 1.807) is 0 Å². The minimum absolute atomic E-state index is 0.734. The van der Waals surface area contributed by atoms with Gasteiger partial charge in [-0.3, -0.25) is 0 Å². The van der Waals surface area contributed by atoms with E-state index in [0.29, 0.717) is 0 Å². The fraction of sp³-hybridized carbons (Fsp3) is 0.600. The number of furan rings is 1. The average molecular weight is 276 g/mol.